The van der Waals surface area contributed by atoms with Crippen molar-refractivity contribution in [2.24, 2.45) is 4.99 Å². The quantitative estimate of drug-likeness (QED) is 0.109. The summed E-state index contributed by atoms with van der Waals surface area (Å²) in [6, 6.07) is 39.2. The number of amides is 3. The highest BCUT2D eigenvalue weighted by atomic mass is 35.5. The summed E-state index contributed by atoms with van der Waals surface area (Å²) in [6.07, 6.45) is 2.80. The van der Waals surface area contributed by atoms with E-state index >= 15 is 0 Å². The summed E-state index contributed by atoms with van der Waals surface area (Å²) in [5, 5.41) is 25.8. The second kappa shape index (κ2) is 20.4. The maximum atomic E-state index is 14.8. The van der Waals surface area contributed by atoms with Crippen LogP contribution in [0.3, 0.4) is 0 Å². The van der Waals surface area contributed by atoms with Gasteiger partial charge >= 0.3 is 0 Å². The molecule has 18 heteroatoms. The number of pyridine rings is 1. The Morgan fingerprint density at radius 1 is 0.623 bits per heavy atom. The number of benzene rings is 6. The summed E-state index contributed by atoms with van der Waals surface area (Å²) in [5.74, 6) is -2.47. The zero-order chi connectivity index (χ0) is 48.3. The number of hydrogen-bond donors (Lipinski definition) is 2. The summed E-state index contributed by atoms with van der Waals surface area (Å²) in [6.45, 7) is 0.592. The van der Waals surface area contributed by atoms with Gasteiger partial charge in [-0.25, -0.2) is 14.9 Å². The van der Waals surface area contributed by atoms with Gasteiger partial charge in [0.25, 0.3) is 17.7 Å². The molecular weight excluding hydrogens is 999 g/mol. The van der Waals surface area contributed by atoms with Crippen LogP contribution in [0.2, 0.25) is 30.1 Å². The molecule has 0 spiro atoms. The molecule has 0 aliphatic rings. The average Bonchev–Trinajstić information content (AvgIpc) is 3.90. The van der Waals surface area contributed by atoms with Gasteiger partial charge in [0.1, 0.15) is 11.5 Å². The summed E-state index contributed by atoms with van der Waals surface area (Å²) in [7, 11) is 0. The summed E-state index contributed by atoms with van der Waals surface area (Å²) in [5.41, 5.74) is 3.75. The van der Waals surface area contributed by atoms with E-state index in [1.54, 1.807) is 119 Å². The molecule has 12 nitrogen and oxygen atoms in total. The third-order valence-corrected chi connectivity index (χ3v) is 12.8. The second-order valence-corrected chi connectivity index (χ2v) is 18.0. The van der Waals surface area contributed by atoms with E-state index in [9.17, 15) is 19.8 Å². The van der Waals surface area contributed by atoms with Gasteiger partial charge in [-0.05, 0) is 95.1 Å². The Morgan fingerprint density at radius 2 is 1.16 bits per heavy atom. The van der Waals surface area contributed by atoms with Gasteiger partial charge < -0.3 is 5.32 Å². The van der Waals surface area contributed by atoms with Crippen molar-refractivity contribution >= 4 is 133 Å². The molecule has 0 aliphatic carbocycles. The molecule has 3 amide bonds. The van der Waals surface area contributed by atoms with Gasteiger partial charge in [-0.15, -0.1) is 0 Å². The van der Waals surface area contributed by atoms with E-state index in [0.29, 0.717) is 68.6 Å². The van der Waals surface area contributed by atoms with Crippen LogP contribution < -0.4 is 10.2 Å². The molecule has 0 saturated carbocycles. The van der Waals surface area contributed by atoms with Crippen molar-refractivity contribution in [1.82, 2.24) is 24.5 Å². The van der Waals surface area contributed by atoms with E-state index in [0.717, 1.165) is 10.5 Å². The number of hydrogen-bond acceptors (Lipinski definition) is 8. The van der Waals surface area contributed by atoms with E-state index < -0.39 is 23.4 Å². The standard InChI is InChI=1S/C51H33Cl6N9O3/c52-33-16-13-30(39(55)22-33)26-60-42-21-29(25-61-49(67)47-37-7-1-3-9-43(37)64(62-47)27-31-14-17-34(53)23-40(31)56)12-19-36(42)46(58)50(68)66(45-11-5-6-20-59-45)51(69)48-38-8-2-4-10-44(38)65(63-48)28-32-15-18-35(54)24-41(32)57/h1-25,58,60H,26-28H2. The number of anilines is 2. The first-order chi connectivity index (χ1) is 33.3. The highest BCUT2D eigenvalue weighted by Gasteiger charge is 2.33. The lowest BCUT2D eigenvalue weighted by Gasteiger charge is -2.21. The number of imide groups is 1. The Labute approximate surface area is 424 Å². The van der Waals surface area contributed by atoms with Crippen molar-refractivity contribution in [3.63, 3.8) is 0 Å². The Balaban J connectivity index is 1.05. The van der Waals surface area contributed by atoms with Crippen molar-refractivity contribution in [3.05, 3.63) is 215 Å². The predicted molar refractivity (Wildman–Crippen MR) is 276 cm³/mol. The number of fused-ring (bicyclic) bond motifs is 2. The Hall–Kier alpha value is -6.90. The fraction of sp³-hybridized carbons (Fsp3) is 0.0588. The van der Waals surface area contributed by atoms with Gasteiger partial charge in [-0.1, -0.05) is 136 Å². The second-order valence-electron chi connectivity index (χ2n) is 15.5. The van der Waals surface area contributed by atoms with Crippen molar-refractivity contribution in [2.75, 3.05) is 10.2 Å². The molecule has 9 aromatic rings. The highest BCUT2D eigenvalue weighted by Crippen LogP contribution is 2.30. The molecule has 0 saturated heterocycles. The highest BCUT2D eigenvalue weighted by molar-refractivity contribution is 6.53. The minimum atomic E-state index is -0.996. The SMILES string of the molecule is N=C(C(=O)N(C(=O)c1nn(Cc2ccc(Cl)cc2Cl)c2ccccc12)c1ccccn1)c1ccc(C=NC(=O)c2nn(Cc3ccc(Cl)cc3Cl)c3ccccc23)cc1NCc1ccc(Cl)cc1Cl. The third kappa shape index (κ3) is 10.1. The minimum Gasteiger partial charge on any atom is -0.380 e. The van der Waals surface area contributed by atoms with Crippen LogP contribution in [0.5, 0.6) is 0 Å². The topological polar surface area (TPSA) is 151 Å². The number of para-hydroxylation sites is 2. The molecule has 0 aliphatic heterocycles. The molecule has 3 aromatic heterocycles. The van der Waals surface area contributed by atoms with Crippen LogP contribution in [0, 0.1) is 5.41 Å². The van der Waals surface area contributed by atoms with Crippen LogP contribution >= 0.6 is 69.6 Å². The largest absolute Gasteiger partial charge is 0.380 e. The molecule has 9 rings (SSSR count). The van der Waals surface area contributed by atoms with Crippen LogP contribution in [-0.2, 0) is 24.4 Å². The Bertz CT molecular complexity index is 3540. The number of aliphatic imine (C=N–C) groups is 1. The third-order valence-electron chi connectivity index (χ3n) is 11.0. The van der Waals surface area contributed by atoms with Crippen LogP contribution in [0.4, 0.5) is 11.5 Å². The zero-order valence-electron chi connectivity index (χ0n) is 35.7. The number of nitrogens with zero attached hydrogens (tertiary/aromatic N) is 7. The van der Waals surface area contributed by atoms with E-state index in [4.69, 9.17) is 74.7 Å². The van der Waals surface area contributed by atoms with Crippen molar-refractivity contribution in [1.29, 1.82) is 5.41 Å². The summed E-state index contributed by atoms with van der Waals surface area (Å²) < 4.78 is 3.30. The molecule has 2 N–H and O–H groups in total. The van der Waals surface area contributed by atoms with Gasteiger partial charge in [0.05, 0.1) is 24.1 Å². The van der Waals surface area contributed by atoms with Gasteiger partial charge in [0, 0.05) is 71.1 Å². The number of carbonyl (C=O) groups excluding carboxylic acids is 3. The molecule has 0 fully saturated rings. The molecule has 0 radical (unpaired) electrons. The van der Waals surface area contributed by atoms with Gasteiger partial charge in [0.15, 0.2) is 11.4 Å². The van der Waals surface area contributed by atoms with Gasteiger partial charge in [0.2, 0.25) is 0 Å². The normalized spacial score (nSPS) is 11.4. The lowest BCUT2D eigenvalue weighted by atomic mass is 10.0. The van der Waals surface area contributed by atoms with E-state index in [1.807, 2.05) is 18.2 Å². The monoisotopic (exact) mass is 1030 g/mol. The van der Waals surface area contributed by atoms with E-state index in [-0.39, 0.29) is 48.1 Å². The van der Waals surface area contributed by atoms with Crippen LogP contribution in [-0.4, -0.2) is 54.2 Å². The Kier molecular flexibility index (Phi) is 13.9. The average molecular weight is 1030 g/mol. The molecular formula is C51H33Cl6N9O3. The van der Waals surface area contributed by atoms with Crippen molar-refractivity contribution in [2.45, 2.75) is 19.6 Å². The maximum absolute atomic E-state index is 14.8. The van der Waals surface area contributed by atoms with Gasteiger partial charge in [-0.2, -0.15) is 10.2 Å². The molecule has 69 heavy (non-hydrogen) atoms. The van der Waals surface area contributed by atoms with E-state index in [1.165, 1.54) is 24.5 Å². The smallest absolute Gasteiger partial charge is 0.298 e. The molecule has 3 heterocycles. The molecule has 0 bridgehead atoms. The summed E-state index contributed by atoms with van der Waals surface area (Å²) in [4.78, 5) is 53.0. The molecule has 342 valence electrons. The first kappa shape index (κ1) is 47.2. The van der Waals surface area contributed by atoms with Crippen molar-refractivity contribution < 1.29 is 14.4 Å². The predicted octanol–water partition coefficient (Wildman–Crippen LogP) is 12.9. The fourth-order valence-electron chi connectivity index (χ4n) is 7.61. The molecule has 6 aromatic carbocycles. The van der Waals surface area contributed by atoms with Crippen LogP contribution in [0.15, 0.2) is 151 Å². The van der Waals surface area contributed by atoms with Crippen LogP contribution in [0.25, 0.3) is 21.8 Å². The number of nitrogens with one attached hydrogen (secondary N) is 2. The number of carbonyl (C=O) groups is 3. The lowest BCUT2D eigenvalue weighted by Crippen LogP contribution is -2.42. The number of rotatable bonds is 13. The minimum absolute atomic E-state index is 0.0347. The lowest BCUT2D eigenvalue weighted by molar-refractivity contribution is -0.112. The first-order valence-electron chi connectivity index (χ1n) is 20.9. The van der Waals surface area contributed by atoms with Crippen molar-refractivity contribution in [3.8, 4) is 0 Å². The first-order valence-corrected chi connectivity index (χ1v) is 23.2. The fourth-order valence-corrected chi connectivity index (χ4v) is 9.02. The summed E-state index contributed by atoms with van der Waals surface area (Å²) >= 11 is 38.1. The molecule has 0 atom stereocenters. The van der Waals surface area contributed by atoms with E-state index in [2.05, 4.69) is 20.4 Å². The van der Waals surface area contributed by atoms with Gasteiger partial charge in [-0.3, -0.25) is 29.2 Å². The number of halogens is 6. The van der Waals surface area contributed by atoms with Crippen LogP contribution in [0.1, 0.15) is 48.8 Å². The molecule has 0 unspecified atom stereocenters. The maximum Gasteiger partial charge on any atom is 0.298 e. The Morgan fingerprint density at radius 3 is 1.72 bits per heavy atom. The number of aromatic nitrogens is 5. The zero-order valence-corrected chi connectivity index (χ0v) is 40.2.